The summed E-state index contributed by atoms with van der Waals surface area (Å²) < 4.78 is 6.82. The molecule has 0 unspecified atom stereocenters. The highest BCUT2D eigenvalue weighted by Crippen LogP contribution is 2.34. The summed E-state index contributed by atoms with van der Waals surface area (Å²) in [5.41, 5.74) is 7.41. The molecule has 18 heavy (non-hydrogen) atoms. The van der Waals surface area contributed by atoms with Crippen molar-refractivity contribution in [1.29, 1.82) is 0 Å². The fourth-order valence-electron chi connectivity index (χ4n) is 1.50. The van der Waals surface area contributed by atoms with Crippen molar-refractivity contribution in [2.75, 3.05) is 12.8 Å². The van der Waals surface area contributed by atoms with Crippen LogP contribution in [0.3, 0.4) is 0 Å². The third-order valence-corrected chi connectivity index (χ3v) is 4.74. The number of methoxy groups -OCH3 is 1. The highest BCUT2D eigenvalue weighted by molar-refractivity contribution is 9.12. The Kier molecular flexibility index (Phi) is 4.09. The maximum absolute atomic E-state index is 12.3. The van der Waals surface area contributed by atoms with Gasteiger partial charge in [-0.25, -0.2) is 0 Å². The number of carbonyl (C=O) groups excluding carboxylic acids is 1. The number of nitrogens with two attached hydrogens (primary N) is 1. The molecular weight excluding hydrogens is 382 g/mol. The molecule has 0 spiro atoms. The number of rotatable bonds is 3. The summed E-state index contributed by atoms with van der Waals surface area (Å²) in [5.74, 6) is 0.438. The van der Waals surface area contributed by atoms with E-state index in [1.165, 1.54) is 18.4 Å². The first kappa shape index (κ1) is 13.6. The molecule has 0 amide bonds. The molecule has 1 aromatic heterocycles. The number of ketones is 1. The van der Waals surface area contributed by atoms with Crippen molar-refractivity contribution in [1.82, 2.24) is 0 Å². The Morgan fingerprint density at radius 1 is 1.33 bits per heavy atom. The fourth-order valence-corrected chi connectivity index (χ4v) is 4.30. The fraction of sp³-hybridized carbons (Fsp3) is 0.0833. The number of thiophene rings is 1. The zero-order valence-electron chi connectivity index (χ0n) is 9.37. The van der Waals surface area contributed by atoms with Gasteiger partial charge in [0.15, 0.2) is 5.78 Å². The lowest BCUT2D eigenvalue weighted by Crippen LogP contribution is -2.02. The summed E-state index contributed by atoms with van der Waals surface area (Å²) in [4.78, 5) is 12.3. The molecule has 2 N–H and O–H groups in total. The van der Waals surface area contributed by atoms with Gasteiger partial charge in [-0.15, -0.1) is 11.3 Å². The van der Waals surface area contributed by atoms with Crippen molar-refractivity contribution in [3.05, 3.63) is 43.0 Å². The van der Waals surface area contributed by atoms with E-state index in [-0.39, 0.29) is 5.78 Å². The third kappa shape index (κ3) is 2.60. The van der Waals surface area contributed by atoms with E-state index >= 15 is 0 Å². The Morgan fingerprint density at radius 3 is 2.61 bits per heavy atom. The molecule has 2 rings (SSSR count). The summed E-state index contributed by atoms with van der Waals surface area (Å²) in [7, 11) is 1.52. The topological polar surface area (TPSA) is 52.3 Å². The molecule has 1 aromatic carbocycles. The standard InChI is InChI=1S/C12H9Br2NO2S/c1-17-9-4-6(2-3-8(9)15)11(16)7-5-10(13)18-12(7)14/h2-5H,15H2,1H3. The van der Waals surface area contributed by atoms with E-state index in [4.69, 9.17) is 10.5 Å². The van der Waals surface area contributed by atoms with Gasteiger partial charge >= 0.3 is 0 Å². The lowest BCUT2D eigenvalue weighted by atomic mass is 10.1. The number of anilines is 1. The average molecular weight is 391 g/mol. The summed E-state index contributed by atoms with van der Waals surface area (Å²) >= 11 is 8.19. The highest BCUT2D eigenvalue weighted by atomic mass is 79.9. The number of hydrogen-bond donors (Lipinski definition) is 1. The van der Waals surface area contributed by atoms with Crippen molar-refractivity contribution in [3.8, 4) is 5.75 Å². The van der Waals surface area contributed by atoms with Crippen LogP contribution in [0.1, 0.15) is 15.9 Å². The predicted molar refractivity (Wildman–Crippen MR) is 80.6 cm³/mol. The van der Waals surface area contributed by atoms with E-state index < -0.39 is 0 Å². The molecule has 0 atom stereocenters. The largest absolute Gasteiger partial charge is 0.495 e. The second-order valence-corrected chi connectivity index (χ2v) is 7.27. The summed E-state index contributed by atoms with van der Waals surface area (Å²) in [6, 6.07) is 6.80. The van der Waals surface area contributed by atoms with Crippen molar-refractivity contribution in [2.24, 2.45) is 0 Å². The lowest BCUT2D eigenvalue weighted by molar-refractivity contribution is 0.103. The van der Waals surface area contributed by atoms with E-state index in [2.05, 4.69) is 31.9 Å². The van der Waals surface area contributed by atoms with Crippen LogP contribution in [0, 0.1) is 0 Å². The van der Waals surface area contributed by atoms with Gasteiger partial charge < -0.3 is 10.5 Å². The van der Waals surface area contributed by atoms with Gasteiger partial charge in [-0.3, -0.25) is 4.79 Å². The number of nitrogen functional groups attached to an aromatic ring is 1. The van der Waals surface area contributed by atoms with Gasteiger partial charge in [0.1, 0.15) is 5.75 Å². The van der Waals surface area contributed by atoms with Gasteiger partial charge in [-0.1, -0.05) is 0 Å². The zero-order valence-corrected chi connectivity index (χ0v) is 13.4. The molecule has 0 aliphatic heterocycles. The Morgan fingerprint density at radius 2 is 2.06 bits per heavy atom. The zero-order chi connectivity index (χ0) is 13.3. The minimum Gasteiger partial charge on any atom is -0.495 e. The van der Waals surface area contributed by atoms with Gasteiger partial charge in [0.2, 0.25) is 0 Å². The lowest BCUT2D eigenvalue weighted by Gasteiger charge is -2.06. The van der Waals surface area contributed by atoms with Crippen LogP contribution in [-0.2, 0) is 0 Å². The second-order valence-electron chi connectivity index (χ2n) is 3.52. The Hall–Kier alpha value is -0.850. The molecule has 1 heterocycles. The van der Waals surface area contributed by atoms with E-state index in [1.807, 2.05) is 0 Å². The van der Waals surface area contributed by atoms with Crippen LogP contribution in [0.2, 0.25) is 0 Å². The second kappa shape index (κ2) is 5.42. The summed E-state index contributed by atoms with van der Waals surface area (Å²) in [6.45, 7) is 0. The number of ether oxygens (including phenoxy) is 1. The van der Waals surface area contributed by atoms with Crippen LogP contribution < -0.4 is 10.5 Å². The van der Waals surface area contributed by atoms with E-state index in [1.54, 1.807) is 24.3 Å². The van der Waals surface area contributed by atoms with E-state index in [9.17, 15) is 4.79 Å². The Labute approximate surface area is 125 Å². The van der Waals surface area contributed by atoms with Crippen molar-refractivity contribution >= 4 is 54.7 Å². The van der Waals surface area contributed by atoms with Crippen LogP contribution in [0.5, 0.6) is 5.75 Å². The van der Waals surface area contributed by atoms with Gasteiger partial charge in [0, 0.05) is 11.1 Å². The first-order valence-electron chi connectivity index (χ1n) is 4.96. The average Bonchev–Trinajstić information content (AvgIpc) is 2.68. The summed E-state index contributed by atoms with van der Waals surface area (Å²) in [5, 5.41) is 0. The van der Waals surface area contributed by atoms with Gasteiger partial charge in [0.25, 0.3) is 0 Å². The minimum atomic E-state index is -0.0675. The van der Waals surface area contributed by atoms with Crippen molar-refractivity contribution in [2.45, 2.75) is 0 Å². The first-order chi connectivity index (χ1) is 8.52. The van der Waals surface area contributed by atoms with Crippen LogP contribution in [0.4, 0.5) is 5.69 Å². The van der Waals surface area contributed by atoms with Crippen LogP contribution in [0.15, 0.2) is 31.8 Å². The van der Waals surface area contributed by atoms with Crippen LogP contribution >= 0.6 is 43.2 Å². The Bertz CT molecular complexity index is 610. The number of hydrogen-bond acceptors (Lipinski definition) is 4. The molecule has 0 fully saturated rings. The molecule has 3 nitrogen and oxygen atoms in total. The van der Waals surface area contributed by atoms with E-state index in [0.29, 0.717) is 22.6 Å². The number of halogens is 2. The molecule has 0 aliphatic carbocycles. The van der Waals surface area contributed by atoms with E-state index in [0.717, 1.165) is 7.57 Å². The molecule has 0 saturated carbocycles. The number of benzene rings is 1. The minimum absolute atomic E-state index is 0.0675. The molecule has 6 heteroatoms. The van der Waals surface area contributed by atoms with Gasteiger partial charge in [-0.05, 0) is 56.1 Å². The normalized spacial score (nSPS) is 10.4. The maximum atomic E-state index is 12.3. The third-order valence-electron chi connectivity index (χ3n) is 2.40. The molecule has 94 valence electrons. The predicted octanol–water partition coefficient (Wildman–Crippen LogP) is 4.09. The molecule has 2 aromatic rings. The molecule has 0 radical (unpaired) electrons. The first-order valence-corrected chi connectivity index (χ1v) is 7.36. The molecular formula is C12H9Br2NO2S. The monoisotopic (exact) mass is 389 g/mol. The number of carbonyl (C=O) groups is 1. The molecule has 0 bridgehead atoms. The van der Waals surface area contributed by atoms with Crippen molar-refractivity contribution < 1.29 is 9.53 Å². The summed E-state index contributed by atoms with van der Waals surface area (Å²) in [6.07, 6.45) is 0. The Balaban J connectivity index is 2.43. The quantitative estimate of drug-likeness (QED) is 0.634. The maximum Gasteiger partial charge on any atom is 0.195 e. The molecule has 0 aliphatic rings. The van der Waals surface area contributed by atoms with Crippen LogP contribution in [-0.4, -0.2) is 12.9 Å². The molecule has 0 saturated heterocycles. The SMILES string of the molecule is COc1cc(C(=O)c2cc(Br)sc2Br)ccc1N. The highest BCUT2D eigenvalue weighted by Gasteiger charge is 2.16. The van der Waals surface area contributed by atoms with Gasteiger partial charge in [0.05, 0.1) is 20.4 Å². The smallest absolute Gasteiger partial charge is 0.195 e. The van der Waals surface area contributed by atoms with Crippen LogP contribution in [0.25, 0.3) is 0 Å². The van der Waals surface area contributed by atoms with Gasteiger partial charge in [-0.2, -0.15) is 0 Å². The van der Waals surface area contributed by atoms with Crippen molar-refractivity contribution in [3.63, 3.8) is 0 Å².